The summed E-state index contributed by atoms with van der Waals surface area (Å²) in [6.45, 7) is 6.45. The van der Waals surface area contributed by atoms with Gasteiger partial charge in [0, 0.05) is 31.7 Å². The van der Waals surface area contributed by atoms with Gasteiger partial charge in [0.25, 0.3) is 0 Å². The Morgan fingerprint density at radius 1 is 1.29 bits per heavy atom. The van der Waals surface area contributed by atoms with Crippen LogP contribution in [0.5, 0.6) is 5.88 Å². The lowest BCUT2D eigenvalue weighted by Crippen LogP contribution is -2.26. The van der Waals surface area contributed by atoms with E-state index >= 15 is 0 Å². The summed E-state index contributed by atoms with van der Waals surface area (Å²) in [6.07, 6.45) is 3.94. The Labute approximate surface area is 123 Å². The molecule has 0 unspecified atom stereocenters. The van der Waals surface area contributed by atoms with Gasteiger partial charge in [0.05, 0.1) is 5.39 Å². The van der Waals surface area contributed by atoms with Crippen LogP contribution in [0.1, 0.15) is 30.5 Å². The number of carbonyl (C=O) groups excluding carboxylic acids is 1. The standard InChI is InChI=1S/C15H20N4O2/c1-10-11(2)19(14-13(10)15(21)17-9-16-14)8-4-7-18-6-3-5-12(18)20/h9H,3-8H2,1-2H3,(H,16,17,21). The number of likely N-dealkylation sites (tertiary alicyclic amines) is 1. The fraction of sp³-hybridized carbons (Fsp3) is 0.533. The SMILES string of the molecule is Cc1c(C)n(CCCN2CCCC2=O)c2ncnc(O)c12. The molecule has 3 heterocycles. The first-order valence-electron chi connectivity index (χ1n) is 7.36. The van der Waals surface area contributed by atoms with E-state index in [1.807, 2.05) is 18.7 Å². The lowest BCUT2D eigenvalue weighted by molar-refractivity contribution is -0.127. The fourth-order valence-electron chi connectivity index (χ4n) is 3.08. The van der Waals surface area contributed by atoms with E-state index in [2.05, 4.69) is 14.5 Å². The van der Waals surface area contributed by atoms with Gasteiger partial charge in [-0.2, -0.15) is 0 Å². The molecule has 0 saturated carbocycles. The van der Waals surface area contributed by atoms with Crippen molar-refractivity contribution in [2.24, 2.45) is 0 Å². The molecule has 1 fully saturated rings. The number of aryl methyl sites for hydroxylation is 2. The zero-order valence-electron chi connectivity index (χ0n) is 12.5. The number of rotatable bonds is 4. The molecule has 0 aliphatic carbocycles. The number of aromatic nitrogens is 3. The lowest BCUT2D eigenvalue weighted by Gasteiger charge is -2.16. The molecule has 2 aromatic rings. The van der Waals surface area contributed by atoms with Crippen molar-refractivity contribution < 1.29 is 9.90 Å². The third-order valence-electron chi connectivity index (χ3n) is 4.37. The van der Waals surface area contributed by atoms with Crippen molar-refractivity contribution in [1.82, 2.24) is 19.4 Å². The van der Waals surface area contributed by atoms with Crippen molar-refractivity contribution >= 4 is 16.9 Å². The predicted octanol–water partition coefficient (Wildman–Crippen LogP) is 1.77. The highest BCUT2D eigenvalue weighted by atomic mass is 16.3. The molecule has 6 nitrogen and oxygen atoms in total. The van der Waals surface area contributed by atoms with E-state index in [0.29, 0.717) is 6.42 Å². The van der Waals surface area contributed by atoms with Gasteiger partial charge in [-0.1, -0.05) is 0 Å². The molecule has 21 heavy (non-hydrogen) atoms. The van der Waals surface area contributed by atoms with Crippen molar-refractivity contribution in [3.63, 3.8) is 0 Å². The highest BCUT2D eigenvalue weighted by Gasteiger charge is 2.20. The normalized spacial score (nSPS) is 15.3. The number of fused-ring (bicyclic) bond motifs is 1. The van der Waals surface area contributed by atoms with Crippen molar-refractivity contribution in [3.05, 3.63) is 17.6 Å². The zero-order chi connectivity index (χ0) is 15.0. The van der Waals surface area contributed by atoms with E-state index in [1.165, 1.54) is 6.33 Å². The number of carbonyl (C=O) groups is 1. The van der Waals surface area contributed by atoms with E-state index < -0.39 is 0 Å². The van der Waals surface area contributed by atoms with Crippen LogP contribution in [0, 0.1) is 13.8 Å². The van der Waals surface area contributed by atoms with Crippen molar-refractivity contribution in [1.29, 1.82) is 0 Å². The molecule has 3 rings (SSSR count). The highest BCUT2D eigenvalue weighted by molar-refractivity contribution is 5.86. The first-order valence-corrected chi connectivity index (χ1v) is 7.36. The third-order valence-corrected chi connectivity index (χ3v) is 4.37. The van der Waals surface area contributed by atoms with Crippen molar-refractivity contribution in [3.8, 4) is 5.88 Å². The van der Waals surface area contributed by atoms with Crippen LogP contribution in [0.15, 0.2) is 6.33 Å². The first kappa shape index (κ1) is 13.9. The molecule has 6 heteroatoms. The topological polar surface area (TPSA) is 71.2 Å². The quantitative estimate of drug-likeness (QED) is 0.930. The molecule has 0 spiro atoms. The van der Waals surface area contributed by atoms with Crippen LogP contribution < -0.4 is 0 Å². The second-order valence-corrected chi connectivity index (χ2v) is 5.60. The van der Waals surface area contributed by atoms with Crippen LogP contribution in [-0.2, 0) is 11.3 Å². The Kier molecular flexibility index (Phi) is 3.53. The average Bonchev–Trinajstić information content (AvgIpc) is 2.97. The molecule has 0 aromatic carbocycles. The monoisotopic (exact) mass is 288 g/mol. The van der Waals surface area contributed by atoms with Gasteiger partial charge in [-0.15, -0.1) is 0 Å². The van der Waals surface area contributed by atoms with Gasteiger partial charge < -0.3 is 14.6 Å². The minimum Gasteiger partial charge on any atom is -0.493 e. The van der Waals surface area contributed by atoms with E-state index in [9.17, 15) is 9.90 Å². The number of nitrogens with zero attached hydrogens (tertiary/aromatic N) is 4. The Bertz CT molecular complexity index is 693. The maximum atomic E-state index is 11.6. The van der Waals surface area contributed by atoms with Gasteiger partial charge in [-0.25, -0.2) is 9.97 Å². The van der Waals surface area contributed by atoms with E-state index in [0.717, 1.165) is 54.8 Å². The predicted molar refractivity (Wildman–Crippen MR) is 79.1 cm³/mol. The fourth-order valence-corrected chi connectivity index (χ4v) is 3.08. The summed E-state index contributed by atoms with van der Waals surface area (Å²) < 4.78 is 2.10. The number of hydrogen-bond donors (Lipinski definition) is 1. The third kappa shape index (κ3) is 2.34. The first-order chi connectivity index (χ1) is 10.1. The van der Waals surface area contributed by atoms with Crippen LogP contribution >= 0.6 is 0 Å². The van der Waals surface area contributed by atoms with Crippen LogP contribution in [0.25, 0.3) is 11.0 Å². The molecule has 1 saturated heterocycles. The largest absolute Gasteiger partial charge is 0.493 e. The maximum Gasteiger partial charge on any atom is 0.223 e. The van der Waals surface area contributed by atoms with Gasteiger partial charge in [0.1, 0.15) is 12.0 Å². The van der Waals surface area contributed by atoms with E-state index in [-0.39, 0.29) is 11.8 Å². The molecule has 1 aliphatic rings. The molecular formula is C15H20N4O2. The summed E-state index contributed by atoms with van der Waals surface area (Å²) in [4.78, 5) is 21.7. The maximum absolute atomic E-state index is 11.6. The van der Waals surface area contributed by atoms with Gasteiger partial charge in [0.2, 0.25) is 11.8 Å². The van der Waals surface area contributed by atoms with E-state index in [1.54, 1.807) is 0 Å². The summed E-state index contributed by atoms with van der Waals surface area (Å²) in [6, 6.07) is 0. The molecular weight excluding hydrogens is 268 g/mol. The molecule has 112 valence electrons. The molecule has 0 radical (unpaired) electrons. The van der Waals surface area contributed by atoms with Gasteiger partial charge >= 0.3 is 0 Å². The number of hydrogen-bond acceptors (Lipinski definition) is 4. The van der Waals surface area contributed by atoms with Crippen molar-refractivity contribution in [2.45, 2.75) is 39.7 Å². The number of aromatic hydroxyl groups is 1. The molecule has 0 bridgehead atoms. The smallest absolute Gasteiger partial charge is 0.223 e. The Morgan fingerprint density at radius 3 is 2.81 bits per heavy atom. The van der Waals surface area contributed by atoms with E-state index in [4.69, 9.17) is 0 Å². The van der Waals surface area contributed by atoms with Crippen LogP contribution in [0.3, 0.4) is 0 Å². The lowest BCUT2D eigenvalue weighted by atomic mass is 10.2. The Balaban J connectivity index is 1.79. The second kappa shape index (κ2) is 5.35. The van der Waals surface area contributed by atoms with Gasteiger partial charge in [-0.3, -0.25) is 4.79 Å². The Hall–Kier alpha value is -2.11. The summed E-state index contributed by atoms with van der Waals surface area (Å²) in [5.74, 6) is 0.300. The molecule has 2 aromatic heterocycles. The second-order valence-electron chi connectivity index (χ2n) is 5.60. The summed E-state index contributed by atoms with van der Waals surface area (Å²) >= 11 is 0. The van der Waals surface area contributed by atoms with Crippen LogP contribution in [0.4, 0.5) is 0 Å². The van der Waals surface area contributed by atoms with Crippen molar-refractivity contribution in [2.75, 3.05) is 13.1 Å². The summed E-state index contributed by atoms with van der Waals surface area (Å²) in [5.41, 5.74) is 2.87. The van der Waals surface area contributed by atoms with Gasteiger partial charge in [-0.05, 0) is 32.3 Å². The molecule has 1 aliphatic heterocycles. The van der Waals surface area contributed by atoms with Gasteiger partial charge in [0.15, 0.2) is 0 Å². The molecule has 1 N–H and O–H groups in total. The molecule has 0 atom stereocenters. The average molecular weight is 288 g/mol. The minimum absolute atomic E-state index is 0.0362. The summed E-state index contributed by atoms with van der Waals surface area (Å²) in [7, 11) is 0. The Morgan fingerprint density at radius 2 is 2.10 bits per heavy atom. The van der Waals surface area contributed by atoms with Crippen LogP contribution in [-0.4, -0.2) is 43.5 Å². The molecule has 1 amide bonds. The number of amides is 1. The van der Waals surface area contributed by atoms with Crippen LogP contribution in [0.2, 0.25) is 0 Å². The highest BCUT2D eigenvalue weighted by Crippen LogP contribution is 2.29. The summed E-state index contributed by atoms with van der Waals surface area (Å²) in [5, 5.41) is 10.6. The zero-order valence-corrected chi connectivity index (χ0v) is 12.5. The minimum atomic E-state index is 0.0362.